The lowest BCUT2D eigenvalue weighted by Crippen LogP contribution is -2.48. The second-order valence-electron chi connectivity index (χ2n) is 8.12. The van der Waals surface area contributed by atoms with Crippen LogP contribution in [0.15, 0.2) is 12.7 Å². The summed E-state index contributed by atoms with van der Waals surface area (Å²) in [6.07, 6.45) is 5.00. The van der Waals surface area contributed by atoms with Crippen LogP contribution >= 0.6 is 0 Å². The summed E-state index contributed by atoms with van der Waals surface area (Å²) < 4.78 is 7.17. The first kappa shape index (κ1) is 19.8. The van der Waals surface area contributed by atoms with Crippen molar-refractivity contribution in [1.82, 2.24) is 30.2 Å². The maximum atomic E-state index is 12.4. The van der Waals surface area contributed by atoms with Crippen molar-refractivity contribution >= 4 is 29.0 Å². The number of nitrogens with one attached hydrogen (secondary N) is 2. The fraction of sp³-hybridized carbons (Fsp3) is 0.611. The fourth-order valence-corrected chi connectivity index (χ4v) is 3.35. The molecule has 152 valence electrons. The summed E-state index contributed by atoms with van der Waals surface area (Å²) in [6, 6.07) is -0.508. The van der Waals surface area contributed by atoms with Crippen LogP contribution in [0, 0.1) is 0 Å². The van der Waals surface area contributed by atoms with Crippen LogP contribution in [0.3, 0.4) is 0 Å². The van der Waals surface area contributed by atoms with Crippen LogP contribution in [-0.4, -0.2) is 49.2 Å². The number of amides is 2. The highest BCUT2D eigenvalue weighted by molar-refractivity contribution is 5.85. The molecule has 28 heavy (non-hydrogen) atoms. The molecule has 0 radical (unpaired) electrons. The molecule has 10 heteroatoms. The number of carbonyl (C=O) groups is 2. The number of ether oxygens (including phenoxy) is 1. The van der Waals surface area contributed by atoms with Gasteiger partial charge in [0, 0.05) is 12.1 Å². The van der Waals surface area contributed by atoms with Crippen LogP contribution in [0.25, 0.3) is 11.2 Å². The Bertz CT molecular complexity index is 874. The van der Waals surface area contributed by atoms with Crippen LogP contribution in [0.4, 0.5) is 10.6 Å². The van der Waals surface area contributed by atoms with Gasteiger partial charge in [0.05, 0.1) is 6.33 Å². The first-order valence-corrected chi connectivity index (χ1v) is 9.37. The Morgan fingerprint density at radius 2 is 2.04 bits per heavy atom. The van der Waals surface area contributed by atoms with Crippen molar-refractivity contribution in [2.75, 3.05) is 5.73 Å². The van der Waals surface area contributed by atoms with Crippen molar-refractivity contribution < 1.29 is 14.3 Å². The van der Waals surface area contributed by atoms with Gasteiger partial charge < -0.3 is 25.7 Å². The number of nitrogen functional groups attached to an aromatic ring is 1. The van der Waals surface area contributed by atoms with E-state index < -0.39 is 17.7 Å². The average molecular weight is 389 g/mol. The van der Waals surface area contributed by atoms with E-state index in [1.165, 1.54) is 6.33 Å². The summed E-state index contributed by atoms with van der Waals surface area (Å²) in [5.74, 6) is 0.118. The number of nitrogens with zero attached hydrogens (tertiary/aromatic N) is 4. The number of rotatable bonds is 4. The van der Waals surface area contributed by atoms with Gasteiger partial charge in [0.1, 0.15) is 23.5 Å². The molecule has 10 nitrogen and oxygen atoms in total. The second-order valence-corrected chi connectivity index (χ2v) is 8.12. The predicted molar refractivity (Wildman–Crippen MR) is 103 cm³/mol. The third-order valence-electron chi connectivity index (χ3n) is 4.66. The third kappa shape index (κ3) is 4.49. The predicted octanol–water partition coefficient (Wildman–Crippen LogP) is 1.53. The molecule has 3 atom stereocenters. The normalized spacial score (nSPS) is 20.7. The van der Waals surface area contributed by atoms with Gasteiger partial charge in [0.2, 0.25) is 5.91 Å². The molecule has 4 N–H and O–H groups in total. The van der Waals surface area contributed by atoms with Gasteiger partial charge in [-0.15, -0.1) is 0 Å². The Morgan fingerprint density at radius 1 is 1.29 bits per heavy atom. The molecule has 0 aromatic carbocycles. The van der Waals surface area contributed by atoms with Crippen molar-refractivity contribution in [3.63, 3.8) is 0 Å². The Kier molecular flexibility index (Phi) is 5.39. The van der Waals surface area contributed by atoms with Crippen molar-refractivity contribution in [2.24, 2.45) is 0 Å². The standard InChI is InChI=1S/C18H27N7O3/c1-10(23-17(27)28-18(2,3)4)16(26)24-11-5-6-12(7-11)25-9-22-13-14(19)20-8-21-15(13)25/h8-12H,5-7H2,1-4H3,(H,23,27)(H,24,26)(H2,19,20,21)/t10-,11+,12-/m0/s1. The lowest BCUT2D eigenvalue weighted by molar-refractivity contribution is -0.123. The molecule has 1 aliphatic rings. The number of hydrogen-bond donors (Lipinski definition) is 3. The molecule has 0 bridgehead atoms. The van der Waals surface area contributed by atoms with Crippen LogP contribution < -0.4 is 16.4 Å². The molecule has 2 aromatic rings. The zero-order valence-electron chi connectivity index (χ0n) is 16.6. The molecule has 0 saturated heterocycles. The van der Waals surface area contributed by atoms with Crippen molar-refractivity contribution in [3.8, 4) is 0 Å². The Labute approximate surface area is 163 Å². The Morgan fingerprint density at radius 3 is 2.75 bits per heavy atom. The number of aromatic nitrogens is 4. The second kappa shape index (κ2) is 7.61. The number of hydrogen-bond acceptors (Lipinski definition) is 7. The minimum absolute atomic E-state index is 0.0111. The van der Waals surface area contributed by atoms with Crippen LogP contribution in [0.5, 0.6) is 0 Å². The highest BCUT2D eigenvalue weighted by Gasteiger charge is 2.30. The topological polar surface area (TPSA) is 137 Å². The van der Waals surface area contributed by atoms with E-state index in [0.29, 0.717) is 17.0 Å². The molecular weight excluding hydrogens is 362 g/mol. The zero-order valence-corrected chi connectivity index (χ0v) is 16.6. The minimum atomic E-state index is -0.685. The molecule has 3 rings (SSSR count). The van der Waals surface area contributed by atoms with Gasteiger partial charge in [-0.2, -0.15) is 0 Å². The van der Waals surface area contributed by atoms with E-state index in [1.807, 2.05) is 4.57 Å². The van der Waals surface area contributed by atoms with E-state index >= 15 is 0 Å². The molecule has 2 aromatic heterocycles. The number of imidazole rings is 1. The summed E-state index contributed by atoms with van der Waals surface area (Å²) in [5.41, 5.74) is 6.52. The highest BCUT2D eigenvalue weighted by atomic mass is 16.6. The molecule has 1 fully saturated rings. The number of alkyl carbamates (subject to hydrolysis) is 1. The van der Waals surface area contributed by atoms with Crippen LogP contribution in [0.2, 0.25) is 0 Å². The lowest BCUT2D eigenvalue weighted by atomic mass is 10.2. The third-order valence-corrected chi connectivity index (χ3v) is 4.66. The SMILES string of the molecule is C[C@H](NC(=O)OC(C)(C)C)C(=O)N[C@@H]1CC[C@H](n2cnc3c(N)ncnc32)C1. The molecule has 0 unspecified atom stereocenters. The van der Waals surface area contributed by atoms with Gasteiger partial charge in [-0.1, -0.05) is 0 Å². The lowest BCUT2D eigenvalue weighted by Gasteiger charge is -2.22. The maximum absolute atomic E-state index is 12.4. The molecule has 0 spiro atoms. The molecular formula is C18H27N7O3. The van der Waals surface area contributed by atoms with Gasteiger partial charge in [-0.25, -0.2) is 19.7 Å². The van der Waals surface area contributed by atoms with E-state index in [4.69, 9.17) is 10.5 Å². The first-order chi connectivity index (χ1) is 13.1. The molecule has 0 aliphatic heterocycles. The summed E-state index contributed by atoms with van der Waals surface area (Å²) >= 11 is 0. The minimum Gasteiger partial charge on any atom is -0.444 e. The Balaban J connectivity index is 1.56. The number of fused-ring (bicyclic) bond motifs is 1. The number of carbonyl (C=O) groups excluding carboxylic acids is 2. The van der Waals surface area contributed by atoms with E-state index in [0.717, 1.165) is 19.3 Å². The number of anilines is 1. The number of nitrogens with two attached hydrogens (primary N) is 1. The molecule has 1 saturated carbocycles. The molecule has 1 aliphatic carbocycles. The average Bonchev–Trinajstić information content (AvgIpc) is 3.20. The zero-order chi connectivity index (χ0) is 20.5. The highest BCUT2D eigenvalue weighted by Crippen LogP contribution is 2.32. The van der Waals surface area contributed by atoms with E-state index in [9.17, 15) is 9.59 Å². The van der Waals surface area contributed by atoms with Crippen molar-refractivity contribution in [1.29, 1.82) is 0 Å². The fourth-order valence-electron chi connectivity index (χ4n) is 3.35. The molecule has 2 heterocycles. The Hall–Kier alpha value is -2.91. The molecule has 2 amide bonds. The largest absolute Gasteiger partial charge is 0.444 e. The summed E-state index contributed by atoms with van der Waals surface area (Å²) in [4.78, 5) is 36.8. The van der Waals surface area contributed by atoms with Crippen LogP contribution in [0.1, 0.15) is 53.0 Å². The van der Waals surface area contributed by atoms with Gasteiger partial charge in [0.15, 0.2) is 11.5 Å². The van der Waals surface area contributed by atoms with Crippen molar-refractivity contribution in [2.45, 2.75) is 70.7 Å². The maximum Gasteiger partial charge on any atom is 0.408 e. The van der Waals surface area contributed by atoms with E-state index in [2.05, 4.69) is 25.6 Å². The van der Waals surface area contributed by atoms with E-state index in [1.54, 1.807) is 34.0 Å². The van der Waals surface area contributed by atoms with Crippen molar-refractivity contribution in [3.05, 3.63) is 12.7 Å². The van der Waals surface area contributed by atoms with Gasteiger partial charge in [-0.05, 0) is 47.0 Å². The first-order valence-electron chi connectivity index (χ1n) is 9.37. The summed E-state index contributed by atoms with van der Waals surface area (Å²) in [7, 11) is 0. The van der Waals surface area contributed by atoms with Gasteiger partial charge in [0.25, 0.3) is 0 Å². The summed E-state index contributed by atoms with van der Waals surface area (Å²) in [6.45, 7) is 6.95. The van der Waals surface area contributed by atoms with Crippen LogP contribution in [-0.2, 0) is 9.53 Å². The monoisotopic (exact) mass is 389 g/mol. The van der Waals surface area contributed by atoms with Gasteiger partial charge >= 0.3 is 6.09 Å². The summed E-state index contributed by atoms with van der Waals surface area (Å²) in [5, 5.41) is 5.56. The van der Waals surface area contributed by atoms with E-state index in [-0.39, 0.29) is 18.0 Å². The quantitative estimate of drug-likeness (QED) is 0.721. The van der Waals surface area contributed by atoms with Gasteiger partial charge in [-0.3, -0.25) is 4.79 Å². The smallest absolute Gasteiger partial charge is 0.408 e.